The van der Waals surface area contributed by atoms with Gasteiger partial charge in [-0.2, -0.15) is 0 Å². The lowest BCUT2D eigenvalue weighted by Crippen LogP contribution is -2.75. The van der Waals surface area contributed by atoms with E-state index < -0.39 is 64.7 Å². The molecule has 2 aromatic rings. The zero-order valence-corrected chi connectivity index (χ0v) is 20.7. The molecular weight excluding hydrogens is 478 g/mol. The summed E-state index contributed by atoms with van der Waals surface area (Å²) in [5.74, 6) is -9.20. The van der Waals surface area contributed by atoms with Crippen molar-refractivity contribution >= 4 is 23.3 Å². The summed E-state index contributed by atoms with van der Waals surface area (Å²) in [7, 11) is 3.22. The number of phenols is 1. The van der Waals surface area contributed by atoms with Crippen molar-refractivity contribution in [1.82, 2.24) is 9.88 Å². The molecule has 0 spiro atoms. The van der Waals surface area contributed by atoms with Crippen LogP contribution in [-0.4, -0.2) is 80.3 Å². The highest BCUT2D eigenvalue weighted by Crippen LogP contribution is 2.52. The number of aryl methyl sites for hydroxylation is 1. The van der Waals surface area contributed by atoms with Gasteiger partial charge in [-0.1, -0.05) is 0 Å². The van der Waals surface area contributed by atoms with Crippen molar-refractivity contribution in [1.29, 1.82) is 0 Å². The molecule has 0 radical (unpaired) electrons. The van der Waals surface area contributed by atoms with E-state index in [1.54, 1.807) is 31.3 Å². The number of nitrogens with zero attached hydrogens (tertiary/aromatic N) is 2. The summed E-state index contributed by atoms with van der Waals surface area (Å²) in [5, 5.41) is 33.3. The van der Waals surface area contributed by atoms with E-state index in [-0.39, 0.29) is 24.2 Å². The van der Waals surface area contributed by atoms with Gasteiger partial charge in [0.15, 0.2) is 23.0 Å². The van der Waals surface area contributed by atoms with Crippen LogP contribution >= 0.6 is 0 Å². The maximum absolute atomic E-state index is 13.9. The lowest BCUT2D eigenvalue weighted by Gasteiger charge is -2.54. The number of hydrogen-bond donors (Lipinski definition) is 4. The first-order valence-electron chi connectivity index (χ1n) is 12.2. The van der Waals surface area contributed by atoms with E-state index in [1.165, 1.54) is 6.07 Å². The summed E-state index contributed by atoms with van der Waals surface area (Å²) in [6, 6.07) is 5.80. The van der Waals surface area contributed by atoms with E-state index >= 15 is 0 Å². The predicted molar refractivity (Wildman–Crippen MR) is 130 cm³/mol. The third-order valence-corrected chi connectivity index (χ3v) is 8.36. The summed E-state index contributed by atoms with van der Waals surface area (Å²) >= 11 is 0. The highest BCUT2D eigenvalue weighted by molar-refractivity contribution is 6.25. The van der Waals surface area contributed by atoms with Gasteiger partial charge < -0.3 is 26.0 Å². The molecule has 0 bridgehead atoms. The Morgan fingerprint density at radius 2 is 1.86 bits per heavy atom. The van der Waals surface area contributed by atoms with Crippen LogP contribution in [0.5, 0.6) is 5.75 Å². The van der Waals surface area contributed by atoms with Crippen LogP contribution in [0.1, 0.15) is 27.9 Å². The summed E-state index contributed by atoms with van der Waals surface area (Å²) < 4.78 is 0. The van der Waals surface area contributed by atoms with Gasteiger partial charge in [-0.3, -0.25) is 24.2 Å². The Balaban J connectivity index is 1.66. The molecule has 0 saturated heterocycles. The first-order chi connectivity index (χ1) is 17.4. The maximum atomic E-state index is 13.9. The number of fused-ring (bicyclic) bond motifs is 3. The number of aromatic nitrogens is 1. The van der Waals surface area contributed by atoms with Crippen molar-refractivity contribution in [3.05, 3.63) is 47.2 Å². The molecule has 1 aromatic carbocycles. The average Bonchev–Trinajstić information content (AvgIpc) is 2.81. The van der Waals surface area contributed by atoms with Crippen LogP contribution in [0.4, 0.5) is 0 Å². The Hall–Kier alpha value is -3.47. The van der Waals surface area contributed by atoms with E-state index in [9.17, 15) is 34.5 Å². The number of rotatable bonds is 3. The number of phenolic OH excluding ortho intramolecular Hbond substituents is 1. The number of aliphatic hydroxyl groups is 2. The number of ketones is 3. The minimum atomic E-state index is -2.67. The zero-order chi connectivity index (χ0) is 27.0. The first-order valence-corrected chi connectivity index (χ1v) is 12.2. The molecule has 10 heteroatoms. The standard InChI is InChI=1S/C27H29N3O7/c1-11-6-7-29-16(8-11)13-4-5-17(31)19-14(13)9-12-10-15-21(30(2)3)23(33)20(26(28)36)25(35)27(15,37)24(34)18(12)22(19)32/h4-8,12,15,18,20-21,23,31,33,37H,9-10H2,1-3H3,(H2,28,36)/t12-,15-,18?,20?,21?,23?,27-/m1/s1. The molecule has 2 fully saturated rings. The summed E-state index contributed by atoms with van der Waals surface area (Å²) in [5.41, 5.74) is 5.45. The van der Waals surface area contributed by atoms with Crippen LogP contribution in [0, 0.1) is 30.6 Å². The van der Waals surface area contributed by atoms with E-state index in [2.05, 4.69) is 4.98 Å². The number of carbonyl (C=O) groups is 4. The topological polar surface area (TPSA) is 171 Å². The van der Waals surface area contributed by atoms with E-state index in [0.29, 0.717) is 16.8 Å². The summed E-state index contributed by atoms with van der Waals surface area (Å²) in [4.78, 5) is 59.1. The number of aliphatic hydroxyl groups excluding tert-OH is 1. The van der Waals surface area contributed by atoms with Gasteiger partial charge in [0.1, 0.15) is 11.7 Å². The number of Topliss-reactive ketones (excluding diaryl/α,β-unsaturated/α-hetero) is 3. The van der Waals surface area contributed by atoms with Crippen molar-refractivity contribution in [2.45, 2.75) is 37.5 Å². The molecule has 5 rings (SSSR count). The van der Waals surface area contributed by atoms with Crippen LogP contribution in [0.3, 0.4) is 0 Å². The number of hydrogen-bond acceptors (Lipinski definition) is 9. The molecule has 3 aliphatic rings. The van der Waals surface area contributed by atoms with Gasteiger partial charge in [-0.15, -0.1) is 0 Å². The molecule has 2 saturated carbocycles. The molecule has 1 amide bonds. The quantitative estimate of drug-likeness (QED) is 0.418. The molecule has 1 heterocycles. The van der Waals surface area contributed by atoms with Gasteiger partial charge in [0, 0.05) is 23.7 Å². The molecule has 194 valence electrons. The van der Waals surface area contributed by atoms with Gasteiger partial charge in [-0.05, 0) is 75.2 Å². The fourth-order valence-electron chi connectivity index (χ4n) is 6.75. The van der Waals surface area contributed by atoms with Gasteiger partial charge in [0.2, 0.25) is 5.91 Å². The SMILES string of the molecule is Cc1ccnc(-c2ccc(O)c3c2C[C@@H]2C[C@@H]4C(N(C)C)C(O)C(C(N)=O)C(=O)[C@]4(O)C(=O)C2C3=O)c1. The van der Waals surface area contributed by atoms with Crippen molar-refractivity contribution in [3.8, 4) is 17.0 Å². The smallest absolute Gasteiger partial charge is 0.230 e. The maximum Gasteiger partial charge on any atom is 0.230 e. The first kappa shape index (κ1) is 25.2. The Labute approximate surface area is 213 Å². The minimum absolute atomic E-state index is 0.0311. The lowest BCUT2D eigenvalue weighted by atomic mass is 9.52. The Morgan fingerprint density at radius 1 is 1.16 bits per heavy atom. The van der Waals surface area contributed by atoms with Crippen molar-refractivity contribution in [3.63, 3.8) is 0 Å². The number of primary amides is 1. The van der Waals surface area contributed by atoms with Crippen molar-refractivity contribution in [2.24, 2.45) is 29.4 Å². The fraction of sp³-hybridized carbons (Fsp3) is 0.444. The highest BCUT2D eigenvalue weighted by atomic mass is 16.3. The monoisotopic (exact) mass is 507 g/mol. The largest absolute Gasteiger partial charge is 0.507 e. The van der Waals surface area contributed by atoms with Crippen molar-refractivity contribution in [2.75, 3.05) is 14.1 Å². The number of aromatic hydroxyl groups is 1. The minimum Gasteiger partial charge on any atom is -0.507 e. The Bertz CT molecular complexity index is 1360. The zero-order valence-electron chi connectivity index (χ0n) is 20.7. The molecule has 37 heavy (non-hydrogen) atoms. The number of likely N-dealkylation sites (N-methyl/N-ethyl adjacent to an activating group) is 1. The van der Waals surface area contributed by atoms with Crippen LogP contribution in [0.15, 0.2) is 30.5 Å². The second kappa shape index (κ2) is 8.54. The molecule has 10 nitrogen and oxygen atoms in total. The van der Waals surface area contributed by atoms with E-state index in [4.69, 9.17) is 5.73 Å². The van der Waals surface area contributed by atoms with Gasteiger partial charge in [0.25, 0.3) is 0 Å². The van der Waals surface area contributed by atoms with Gasteiger partial charge in [-0.25, -0.2) is 0 Å². The van der Waals surface area contributed by atoms with Crippen LogP contribution < -0.4 is 5.73 Å². The molecule has 3 aliphatic carbocycles. The molecule has 5 N–H and O–H groups in total. The normalized spacial score (nSPS) is 33.1. The average molecular weight is 508 g/mol. The Morgan fingerprint density at radius 3 is 2.49 bits per heavy atom. The van der Waals surface area contributed by atoms with Gasteiger partial charge in [0.05, 0.1) is 23.3 Å². The number of nitrogens with two attached hydrogens (primary N) is 1. The summed E-state index contributed by atoms with van der Waals surface area (Å²) in [6.07, 6.45) is 0.392. The second-order valence-electron chi connectivity index (χ2n) is 10.7. The predicted octanol–water partition coefficient (Wildman–Crippen LogP) is 0.0292. The van der Waals surface area contributed by atoms with Gasteiger partial charge >= 0.3 is 0 Å². The summed E-state index contributed by atoms with van der Waals surface area (Å²) in [6.45, 7) is 1.91. The van der Waals surface area contributed by atoms with E-state index in [0.717, 1.165) is 5.56 Å². The van der Waals surface area contributed by atoms with Crippen molar-refractivity contribution < 1.29 is 34.5 Å². The molecule has 0 aliphatic heterocycles. The van der Waals surface area contributed by atoms with E-state index in [1.807, 2.05) is 19.1 Å². The third-order valence-electron chi connectivity index (χ3n) is 8.36. The third kappa shape index (κ3) is 3.47. The molecular formula is C27H29N3O7. The fourth-order valence-corrected chi connectivity index (χ4v) is 6.75. The highest BCUT2D eigenvalue weighted by Gasteiger charge is 2.69. The molecule has 4 unspecified atom stereocenters. The van der Waals surface area contributed by atoms with Crippen LogP contribution in [-0.2, 0) is 20.8 Å². The molecule has 1 aromatic heterocycles. The lowest BCUT2D eigenvalue weighted by molar-refractivity contribution is -0.190. The van der Waals surface area contributed by atoms with Crippen LogP contribution in [0.25, 0.3) is 11.3 Å². The second-order valence-corrected chi connectivity index (χ2v) is 10.7. The molecule has 7 atom stereocenters. The number of carbonyl (C=O) groups excluding carboxylic acids is 4. The number of amides is 1. The Kier molecular flexibility index (Phi) is 5.82. The number of benzene rings is 1. The van der Waals surface area contributed by atoms with Crippen LogP contribution in [0.2, 0.25) is 0 Å². The number of pyridine rings is 1.